The highest BCUT2D eigenvalue weighted by atomic mass is 19.1. The molecule has 4 aliphatic rings. The van der Waals surface area contributed by atoms with Crippen LogP contribution in [0.15, 0.2) is 11.4 Å². The molecule has 3 saturated carbocycles. The second kappa shape index (κ2) is 7.19. The summed E-state index contributed by atoms with van der Waals surface area (Å²) in [5.74, 6) is 2.78. The lowest BCUT2D eigenvalue weighted by atomic mass is 9.47. The zero-order valence-corrected chi connectivity index (χ0v) is 17.5. The average molecular weight is 377 g/mol. The molecule has 0 saturated heterocycles. The van der Waals surface area contributed by atoms with E-state index in [1.807, 2.05) is 0 Å². The van der Waals surface area contributed by atoms with Crippen molar-refractivity contribution in [3.63, 3.8) is 0 Å². The Labute approximate surface area is 164 Å². The van der Waals surface area contributed by atoms with Crippen LogP contribution in [0.5, 0.6) is 0 Å². The van der Waals surface area contributed by atoms with E-state index in [-0.39, 0.29) is 17.2 Å². The Morgan fingerprint density at radius 2 is 1.96 bits per heavy atom. The molecule has 2 nitrogen and oxygen atoms in total. The molecule has 0 heterocycles. The number of fused-ring (bicyclic) bond motifs is 5. The van der Waals surface area contributed by atoms with Crippen molar-refractivity contribution in [2.75, 3.05) is 7.11 Å². The predicted molar refractivity (Wildman–Crippen MR) is 106 cm³/mol. The Kier molecular flexibility index (Phi) is 5.18. The fraction of sp³-hybridized carbons (Fsp3) is 0.875. The van der Waals surface area contributed by atoms with Gasteiger partial charge in [-0.1, -0.05) is 20.3 Å². The molecule has 0 N–H and O–H groups in total. The van der Waals surface area contributed by atoms with Crippen molar-refractivity contribution in [1.29, 1.82) is 0 Å². The van der Waals surface area contributed by atoms with Crippen molar-refractivity contribution in [3.8, 4) is 0 Å². The number of carbonyl (C=O) groups excluding carboxylic acids is 1. The van der Waals surface area contributed by atoms with Crippen LogP contribution in [0.4, 0.5) is 4.39 Å². The van der Waals surface area contributed by atoms with E-state index >= 15 is 4.39 Å². The number of carbonyl (C=O) groups is 1. The largest absolute Gasteiger partial charge is 0.469 e. The average Bonchev–Trinajstić information content (AvgIpc) is 2.98. The molecule has 0 aromatic heterocycles. The van der Waals surface area contributed by atoms with E-state index < -0.39 is 0 Å². The minimum Gasteiger partial charge on any atom is -0.469 e. The van der Waals surface area contributed by atoms with Crippen molar-refractivity contribution in [1.82, 2.24) is 0 Å². The number of halogens is 1. The molecular weight excluding hydrogens is 339 g/mol. The second-order valence-corrected chi connectivity index (χ2v) is 10.4. The molecule has 27 heavy (non-hydrogen) atoms. The van der Waals surface area contributed by atoms with Gasteiger partial charge in [0, 0.05) is 12.8 Å². The smallest absolute Gasteiger partial charge is 0.305 e. The molecule has 3 fully saturated rings. The maximum Gasteiger partial charge on any atom is 0.305 e. The van der Waals surface area contributed by atoms with Gasteiger partial charge in [-0.25, -0.2) is 4.39 Å². The molecule has 0 aromatic carbocycles. The number of hydrogen-bond acceptors (Lipinski definition) is 2. The first kappa shape index (κ1) is 19.5. The number of hydrogen-bond donors (Lipinski definition) is 0. The summed E-state index contributed by atoms with van der Waals surface area (Å²) in [6.45, 7) is 4.88. The van der Waals surface area contributed by atoms with E-state index in [1.165, 1.54) is 57.6 Å². The molecule has 6 atom stereocenters. The summed E-state index contributed by atoms with van der Waals surface area (Å²) in [7, 11) is 1.47. The molecule has 0 radical (unpaired) electrons. The summed E-state index contributed by atoms with van der Waals surface area (Å²) in [4.78, 5) is 11.5. The van der Waals surface area contributed by atoms with Crippen molar-refractivity contribution >= 4 is 5.97 Å². The Balaban J connectivity index is 1.51. The first-order valence-corrected chi connectivity index (χ1v) is 11.3. The van der Waals surface area contributed by atoms with E-state index in [0.717, 1.165) is 19.3 Å². The zero-order valence-electron chi connectivity index (χ0n) is 17.5. The summed E-state index contributed by atoms with van der Waals surface area (Å²) in [6, 6.07) is 0. The standard InChI is InChI=1S/C24H37FO2/c1-23-14-12-19-17(15-21(25)20-8-4-5-13-24(19,20)2)18(23)11-10-16(23)7-6-9-22(26)27-3/h16-19H,4-15H2,1-3H3. The van der Waals surface area contributed by atoms with E-state index in [0.29, 0.717) is 41.9 Å². The SMILES string of the molecule is COC(=O)CCCC1CCC2C3CC(F)=C4CCCCC4(C)C3CCC12C. The van der Waals surface area contributed by atoms with Gasteiger partial charge < -0.3 is 4.74 Å². The number of rotatable bonds is 4. The Morgan fingerprint density at radius 3 is 2.74 bits per heavy atom. The minimum atomic E-state index is -0.0874. The summed E-state index contributed by atoms with van der Waals surface area (Å²) in [5.41, 5.74) is 1.68. The van der Waals surface area contributed by atoms with Crippen LogP contribution < -0.4 is 0 Å². The van der Waals surface area contributed by atoms with Crippen LogP contribution in [0.1, 0.15) is 90.9 Å². The van der Waals surface area contributed by atoms with Gasteiger partial charge in [-0.05, 0) is 97.9 Å². The molecule has 4 aliphatic carbocycles. The number of methoxy groups -OCH3 is 1. The number of esters is 1. The molecule has 0 amide bonds. The highest BCUT2D eigenvalue weighted by molar-refractivity contribution is 5.68. The normalized spacial score (nSPS) is 43.7. The van der Waals surface area contributed by atoms with Gasteiger partial charge in [-0.2, -0.15) is 0 Å². The topological polar surface area (TPSA) is 26.3 Å². The van der Waals surface area contributed by atoms with Crippen molar-refractivity contribution in [2.45, 2.75) is 90.9 Å². The van der Waals surface area contributed by atoms with Crippen LogP contribution in [-0.2, 0) is 9.53 Å². The fourth-order valence-corrected chi connectivity index (χ4v) is 7.96. The van der Waals surface area contributed by atoms with Crippen molar-refractivity contribution in [2.24, 2.45) is 34.5 Å². The first-order chi connectivity index (χ1) is 12.9. The lowest BCUT2D eigenvalue weighted by Crippen LogP contribution is -2.50. The Bertz CT molecular complexity index is 626. The predicted octanol–water partition coefficient (Wildman–Crippen LogP) is 6.60. The van der Waals surface area contributed by atoms with E-state index in [9.17, 15) is 4.79 Å². The third-order valence-electron chi connectivity index (χ3n) is 9.42. The molecule has 0 bridgehead atoms. The first-order valence-electron chi connectivity index (χ1n) is 11.3. The zero-order chi connectivity index (χ0) is 19.2. The van der Waals surface area contributed by atoms with Crippen LogP contribution in [0, 0.1) is 34.5 Å². The molecule has 3 heteroatoms. The lowest BCUT2D eigenvalue weighted by Gasteiger charge is -2.58. The van der Waals surface area contributed by atoms with Gasteiger partial charge in [0.2, 0.25) is 0 Å². The molecule has 4 rings (SSSR count). The van der Waals surface area contributed by atoms with Crippen LogP contribution in [0.2, 0.25) is 0 Å². The molecule has 0 spiro atoms. The Hall–Kier alpha value is -0.860. The van der Waals surface area contributed by atoms with Gasteiger partial charge in [-0.3, -0.25) is 4.79 Å². The van der Waals surface area contributed by atoms with Gasteiger partial charge in [0.05, 0.1) is 12.9 Å². The maximum absolute atomic E-state index is 15.2. The number of allylic oxidation sites excluding steroid dienone is 2. The van der Waals surface area contributed by atoms with Crippen molar-refractivity contribution < 1.29 is 13.9 Å². The maximum atomic E-state index is 15.2. The van der Waals surface area contributed by atoms with Gasteiger partial charge >= 0.3 is 5.97 Å². The third kappa shape index (κ3) is 3.08. The lowest BCUT2D eigenvalue weighted by molar-refractivity contribution is -0.140. The molecule has 0 aliphatic heterocycles. The number of ether oxygens (including phenoxy) is 1. The third-order valence-corrected chi connectivity index (χ3v) is 9.42. The van der Waals surface area contributed by atoms with Crippen LogP contribution in [-0.4, -0.2) is 13.1 Å². The fourth-order valence-electron chi connectivity index (χ4n) is 7.96. The summed E-state index contributed by atoms with van der Waals surface area (Å²) < 4.78 is 20.0. The van der Waals surface area contributed by atoms with Crippen LogP contribution in [0.25, 0.3) is 0 Å². The second-order valence-electron chi connectivity index (χ2n) is 10.4. The van der Waals surface area contributed by atoms with Gasteiger partial charge in [-0.15, -0.1) is 0 Å². The van der Waals surface area contributed by atoms with Crippen LogP contribution in [0.3, 0.4) is 0 Å². The van der Waals surface area contributed by atoms with E-state index in [4.69, 9.17) is 4.74 Å². The van der Waals surface area contributed by atoms with Crippen LogP contribution >= 0.6 is 0 Å². The molecule has 152 valence electrons. The summed E-state index contributed by atoms with van der Waals surface area (Å²) in [6.07, 6.45) is 13.1. The summed E-state index contributed by atoms with van der Waals surface area (Å²) >= 11 is 0. The molecule has 0 aromatic rings. The molecular formula is C24H37FO2. The molecule has 6 unspecified atom stereocenters. The van der Waals surface area contributed by atoms with E-state index in [1.54, 1.807) is 0 Å². The van der Waals surface area contributed by atoms with E-state index in [2.05, 4.69) is 13.8 Å². The van der Waals surface area contributed by atoms with Gasteiger partial charge in [0.15, 0.2) is 0 Å². The van der Waals surface area contributed by atoms with Crippen molar-refractivity contribution in [3.05, 3.63) is 11.4 Å². The van der Waals surface area contributed by atoms with Gasteiger partial charge in [0.25, 0.3) is 0 Å². The summed E-state index contributed by atoms with van der Waals surface area (Å²) in [5, 5.41) is 0. The van der Waals surface area contributed by atoms with Gasteiger partial charge in [0.1, 0.15) is 0 Å². The Morgan fingerprint density at radius 1 is 1.15 bits per heavy atom. The monoisotopic (exact) mass is 376 g/mol. The highest BCUT2D eigenvalue weighted by Gasteiger charge is 2.59. The highest BCUT2D eigenvalue weighted by Crippen LogP contribution is 2.67. The minimum absolute atomic E-state index is 0.0874. The quantitative estimate of drug-likeness (QED) is 0.517.